The van der Waals surface area contributed by atoms with Crippen LogP contribution in [0.4, 0.5) is 26.3 Å². The van der Waals surface area contributed by atoms with E-state index in [0.717, 1.165) is 29.3 Å². The van der Waals surface area contributed by atoms with Crippen LogP contribution < -0.4 is 0 Å². The first-order chi connectivity index (χ1) is 14.5. The van der Waals surface area contributed by atoms with Crippen LogP contribution in [0, 0.1) is 17.5 Å². The standard InChI is InChI=1S/C22H25F6N3/c1-5-15(9-16-11-19(24)20(25)12-18(16)23)10-17(6-2)30-7-8-31(14(3)13-30)21(29-4)22(26,27)28/h5-6,11-12H,3,7-10,13H2,1-2,4H3/b15-5+,17-6+,29-21?. The number of aliphatic imine (C=N–C) groups is 1. The molecule has 1 fully saturated rings. The van der Waals surface area contributed by atoms with Crippen molar-refractivity contribution in [1.29, 1.82) is 0 Å². The van der Waals surface area contributed by atoms with Gasteiger partial charge in [0, 0.05) is 44.0 Å². The maximum atomic E-state index is 14.0. The monoisotopic (exact) mass is 445 g/mol. The first-order valence-corrected chi connectivity index (χ1v) is 9.68. The molecule has 0 unspecified atom stereocenters. The van der Waals surface area contributed by atoms with Crippen molar-refractivity contribution < 1.29 is 26.3 Å². The number of hydrogen-bond acceptors (Lipinski definition) is 2. The zero-order chi connectivity index (χ0) is 23.3. The van der Waals surface area contributed by atoms with Crippen LogP contribution in [0.2, 0.25) is 0 Å². The van der Waals surface area contributed by atoms with Crippen LogP contribution in [0.1, 0.15) is 25.8 Å². The van der Waals surface area contributed by atoms with Crippen molar-refractivity contribution >= 4 is 5.84 Å². The molecule has 0 saturated carbocycles. The molecule has 0 aliphatic carbocycles. The molecule has 9 heteroatoms. The van der Waals surface area contributed by atoms with Crippen LogP contribution in [0.5, 0.6) is 0 Å². The molecule has 170 valence electrons. The molecule has 0 spiro atoms. The predicted octanol–water partition coefficient (Wildman–Crippen LogP) is 5.61. The lowest BCUT2D eigenvalue weighted by Crippen LogP contribution is -2.50. The molecular weight excluding hydrogens is 420 g/mol. The van der Waals surface area contributed by atoms with Gasteiger partial charge in [0.2, 0.25) is 5.84 Å². The summed E-state index contributed by atoms with van der Waals surface area (Å²) in [5.41, 5.74) is 1.87. The summed E-state index contributed by atoms with van der Waals surface area (Å²) in [6, 6.07) is 1.36. The molecule has 0 amide bonds. The molecule has 2 rings (SSSR count). The molecular formula is C22H25F6N3. The van der Waals surface area contributed by atoms with Crippen molar-refractivity contribution in [2.24, 2.45) is 4.99 Å². The minimum absolute atomic E-state index is 0.0330. The third kappa shape index (κ3) is 5.92. The van der Waals surface area contributed by atoms with Gasteiger partial charge in [-0.1, -0.05) is 24.3 Å². The Morgan fingerprint density at radius 1 is 1.06 bits per heavy atom. The normalized spacial score (nSPS) is 16.9. The highest BCUT2D eigenvalue weighted by molar-refractivity contribution is 5.89. The number of allylic oxidation sites excluding steroid dienone is 3. The minimum Gasteiger partial charge on any atom is -0.367 e. The van der Waals surface area contributed by atoms with Crippen LogP contribution in [0.15, 0.2) is 52.8 Å². The Morgan fingerprint density at radius 3 is 2.23 bits per heavy atom. The van der Waals surface area contributed by atoms with Crippen molar-refractivity contribution in [2.75, 3.05) is 26.7 Å². The molecule has 1 aliphatic rings. The average molecular weight is 445 g/mol. The number of nitrogens with zero attached hydrogens (tertiary/aromatic N) is 3. The zero-order valence-corrected chi connectivity index (χ0v) is 17.7. The molecule has 1 aliphatic heterocycles. The molecule has 1 aromatic carbocycles. The lowest BCUT2D eigenvalue weighted by molar-refractivity contribution is -0.0685. The van der Waals surface area contributed by atoms with Gasteiger partial charge in [-0.2, -0.15) is 13.2 Å². The summed E-state index contributed by atoms with van der Waals surface area (Å²) in [5, 5.41) is 0. The van der Waals surface area contributed by atoms with E-state index in [4.69, 9.17) is 0 Å². The lowest BCUT2D eigenvalue weighted by atomic mass is 9.99. The number of hydrogen-bond donors (Lipinski definition) is 0. The van der Waals surface area contributed by atoms with Crippen molar-refractivity contribution in [2.45, 2.75) is 32.9 Å². The van der Waals surface area contributed by atoms with Crippen LogP contribution in [-0.2, 0) is 6.42 Å². The van der Waals surface area contributed by atoms with Crippen molar-refractivity contribution in [3.05, 3.63) is 70.8 Å². The van der Waals surface area contributed by atoms with E-state index in [-0.39, 0.29) is 30.8 Å². The fourth-order valence-corrected chi connectivity index (χ4v) is 3.50. The minimum atomic E-state index is -4.57. The highest BCUT2D eigenvalue weighted by Gasteiger charge is 2.41. The van der Waals surface area contributed by atoms with E-state index in [9.17, 15) is 26.3 Å². The summed E-state index contributed by atoms with van der Waals surface area (Å²) in [6.07, 6.45) is -0.519. The summed E-state index contributed by atoms with van der Waals surface area (Å²) >= 11 is 0. The van der Waals surface area contributed by atoms with E-state index in [1.54, 1.807) is 19.9 Å². The Bertz CT molecular complexity index is 915. The second kappa shape index (κ2) is 10.1. The van der Waals surface area contributed by atoms with E-state index < -0.39 is 29.5 Å². The smallest absolute Gasteiger partial charge is 0.367 e. The number of amidine groups is 1. The molecule has 0 bridgehead atoms. The number of halogens is 6. The van der Waals surface area contributed by atoms with E-state index in [0.29, 0.717) is 19.0 Å². The second-order valence-corrected chi connectivity index (χ2v) is 7.12. The van der Waals surface area contributed by atoms with Crippen LogP contribution in [0.3, 0.4) is 0 Å². The summed E-state index contributed by atoms with van der Waals surface area (Å²) < 4.78 is 80.3. The largest absolute Gasteiger partial charge is 0.449 e. The number of benzene rings is 1. The molecule has 0 radical (unpaired) electrons. The van der Waals surface area contributed by atoms with E-state index >= 15 is 0 Å². The van der Waals surface area contributed by atoms with Gasteiger partial charge in [-0.25, -0.2) is 13.2 Å². The Hall–Kier alpha value is -2.71. The van der Waals surface area contributed by atoms with Gasteiger partial charge >= 0.3 is 6.18 Å². The maximum absolute atomic E-state index is 14.0. The topological polar surface area (TPSA) is 18.8 Å². The van der Waals surface area contributed by atoms with Crippen molar-refractivity contribution in [3.8, 4) is 0 Å². The first-order valence-electron chi connectivity index (χ1n) is 9.68. The van der Waals surface area contributed by atoms with E-state index in [2.05, 4.69) is 11.6 Å². The third-order valence-electron chi connectivity index (χ3n) is 5.13. The zero-order valence-electron chi connectivity index (χ0n) is 17.7. The average Bonchev–Trinajstić information content (AvgIpc) is 2.69. The third-order valence-corrected chi connectivity index (χ3v) is 5.13. The Balaban J connectivity index is 2.11. The number of rotatable bonds is 5. The fourth-order valence-electron chi connectivity index (χ4n) is 3.50. The quantitative estimate of drug-likeness (QED) is 0.193. The van der Waals surface area contributed by atoms with Gasteiger partial charge in [-0.05, 0) is 31.9 Å². The van der Waals surface area contributed by atoms with E-state index in [1.165, 1.54) is 0 Å². The van der Waals surface area contributed by atoms with Gasteiger partial charge in [0.25, 0.3) is 0 Å². The molecule has 0 aromatic heterocycles. The Morgan fingerprint density at radius 2 is 1.71 bits per heavy atom. The summed E-state index contributed by atoms with van der Waals surface area (Å²) in [5.74, 6) is -4.19. The molecule has 0 atom stereocenters. The van der Waals surface area contributed by atoms with Crippen LogP contribution in [-0.4, -0.2) is 48.5 Å². The van der Waals surface area contributed by atoms with E-state index in [1.807, 2.05) is 11.0 Å². The van der Waals surface area contributed by atoms with Gasteiger partial charge in [-0.3, -0.25) is 4.99 Å². The molecule has 1 heterocycles. The predicted molar refractivity (Wildman–Crippen MR) is 109 cm³/mol. The lowest BCUT2D eigenvalue weighted by Gasteiger charge is -2.40. The van der Waals surface area contributed by atoms with Crippen molar-refractivity contribution in [3.63, 3.8) is 0 Å². The van der Waals surface area contributed by atoms with Gasteiger partial charge in [0.05, 0.1) is 6.54 Å². The summed E-state index contributed by atoms with van der Waals surface area (Å²) in [4.78, 5) is 6.34. The Kier molecular flexibility index (Phi) is 7.97. The number of piperazine rings is 1. The molecule has 31 heavy (non-hydrogen) atoms. The fraction of sp³-hybridized carbons (Fsp3) is 0.409. The van der Waals surface area contributed by atoms with Crippen molar-refractivity contribution in [1.82, 2.24) is 9.80 Å². The highest BCUT2D eigenvalue weighted by Crippen LogP contribution is 2.28. The van der Waals surface area contributed by atoms with Gasteiger partial charge in [-0.15, -0.1) is 0 Å². The summed E-state index contributed by atoms with van der Waals surface area (Å²) in [6.45, 7) is 7.87. The second-order valence-electron chi connectivity index (χ2n) is 7.12. The summed E-state index contributed by atoms with van der Waals surface area (Å²) in [7, 11) is 1.09. The molecule has 1 aromatic rings. The molecule has 3 nitrogen and oxygen atoms in total. The van der Waals surface area contributed by atoms with Crippen LogP contribution in [0.25, 0.3) is 0 Å². The van der Waals surface area contributed by atoms with Gasteiger partial charge < -0.3 is 9.80 Å². The van der Waals surface area contributed by atoms with Gasteiger partial charge in [0.1, 0.15) is 5.82 Å². The maximum Gasteiger partial charge on any atom is 0.449 e. The highest BCUT2D eigenvalue weighted by atomic mass is 19.4. The van der Waals surface area contributed by atoms with Gasteiger partial charge in [0.15, 0.2) is 11.6 Å². The first kappa shape index (κ1) is 24.6. The Labute approximate surface area is 178 Å². The molecule has 1 saturated heterocycles. The molecule has 0 N–H and O–H groups in total. The van der Waals surface area contributed by atoms with Crippen LogP contribution >= 0.6 is 0 Å². The number of alkyl halides is 3. The SMILES string of the molecule is C=C1CN(/C(=C/C)C/C(=C/C)Cc2cc(F)c(F)cc2F)CCN1C(=NC)C(F)(F)F.